The Morgan fingerprint density at radius 2 is 1.74 bits per heavy atom. The van der Waals surface area contributed by atoms with E-state index in [0.717, 1.165) is 26.2 Å². The summed E-state index contributed by atoms with van der Waals surface area (Å²) in [7, 11) is 0. The Morgan fingerprint density at radius 3 is 2.39 bits per heavy atom. The maximum Gasteiger partial charge on any atom is 0.254 e. The minimum Gasteiger partial charge on any atom is -0.506 e. The third-order valence-electron chi connectivity index (χ3n) is 4.71. The highest BCUT2D eigenvalue weighted by Crippen LogP contribution is 2.42. The van der Waals surface area contributed by atoms with Gasteiger partial charge in [-0.3, -0.25) is 4.79 Å². The number of hydrogen-bond donors (Lipinski definition) is 1. The van der Waals surface area contributed by atoms with Crippen LogP contribution in [0.15, 0.2) is 48.5 Å². The number of amides is 1. The molecule has 2 saturated heterocycles. The van der Waals surface area contributed by atoms with Crippen LogP contribution in [-0.2, 0) is 0 Å². The van der Waals surface area contributed by atoms with Gasteiger partial charge in [0, 0.05) is 42.8 Å². The maximum atomic E-state index is 12.4. The van der Waals surface area contributed by atoms with E-state index in [2.05, 4.69) is 17.0 Å². The van der Waals surface area contributed by atoms with Crippen molar-refractivity contribution in [3.8, 4) is 5.75 Å². The minimum absolute atomic E-state index is 0.0410. The van der Waals surface area contributed by atoms with Crippen LogP contribution in [-0.4, -0.2) is 42.1 Å². The summed E-state index contributed by atoms with van der Waals surface area (Å²) in [6.07, 6.45) is 0. The van der Waals surface area contributed by atoms with E-state index in [4.69, 9.17) is 11.6 Å². The van der Waals surface area contributed by atoms with Gasteiger partial charge in [0.25, 0.3) is 5.91 Å². The van der Waals surface area contributed by atoms with Crippen LogP contribution < -0.4 is 4.90 Å². The molecule has 2 aromatic rings. The zero-order valence-corrected chi connectivity index (χ0v) is 13.3. The van der Waals surface area contributed by atoms with Crippen LogP contribution in [0.2, 0.25) is 5.02 Å². The summed E-state index contributed by atoms with van der Waals surface area (Å²) < 4.78 is 0. The van der Waals surface area contributed by atoms with Crippen LogP contribution in [0.25, 0.3) is 0 Å². The van der Waals surface area contributed by atoms with E-state index in [1.807, 2.05) is 23.1 Å². The smallest absolute Gasteiger partial charge is 0.254 e. The standard InChI is InChI=1S/C18H17ClN2O2/c19-15-7-6-13(8-16(15)22)17(23)21-11-18(12-21)9-20(10-18)14-4-2-1-3-5-14/h1-8,22H,9-12H2. The number of carbonyl (C=O) groups excluding carboxylic acids is 1. The summed E-state index contributed by atoms with van der Waals surface area (Å²) >= 11 is 5.78. The molecule has 0 aliphatic carbocycles. The van der Waals surface area contributed by atoms with E-state index in [1.54, 1.807) is 12.1 Å². The molecule has 2 aromatic carbocycles. The molecule has 0 saturated carbocycles. The Morgan fingerprint density at radius 1 is 1.04 bits per heavy atom. The van der Waals surface area contributed by atoms with Crippen molar-refractivity contribution in [2.75, 3.05) is 31.1 Å². The van der Waals surface area contributed by atoms with E-state index in [-0.39, 0.29) is 22.1 Å². The topological polar surface area (TPSA) is 43.8 Å². The van der Waals surface area contributed by atoms with Crippen molar-refractivity contribution in [2.45, 2.75) is 0 Å². The molecule has 0 bridgehead atoms. The first kappa shape index (κ1) is 14.4. The molecule has 5 heteroatoms. The van der Waals surface area contributed by atoms with Crippen molar-refractivity contribution in [1.82, 2.24) is 4.90 Å². The molecule has 0 aromatic heterocycles. The van der Waals surface area contributed by atoms with Crippen molar-refractivity contribution in [3.63, 3.8) is 0 Å². The van der Waals surface area contributed by atoms with Crippen LogP contribution in [0.1, 0.15) is 10.4 Å². The number of rotatable bonds is 2. The average molecular weight is 329 g/mol. The molecular formula is C18H17ClN2O2. The molecule has 1 amide bonds. The number of benzene rings is 2. The second-order valence-corrected chi connectivity index (χ2v) is 6.93. The number of carbonyl (C=O) groups is 1. The number of phenolic OH excluding ortho intramolecular Hbond substituents is 1. The van der Waals surface area contributed by atoms with Gasteiger partial charge in [-0.05, 0) is 30.3 Å². The van der Waals surface area contributed by atoms with Crippen molar-refractivity contribution in [2.24, 2.45) is 5.41 Å². The zero-order valence-electron chi connectivity index (χ0n) is 12.6. The molecule has 2 aliphatic rings. The van der Waals surface area contributed by atoms with Gasteiger partial charge >= 0.3 is 0 Å². The van der Waals surface area contributed by atoms with E-state index in [9.17, 15) is 9.90 Å². The molecule has 118 valence electrons. The summed E-state index contributed by atoms with van der Waals surface area (Å²) in [6.45, 7) is 3.54. The first-order chi connectivity index (χ1) is 11.1. The Kier molecular flexibility index (Phi) is 3.23. The molecule has 2 aliphatic heterocycles. The van der Waals surface area contributed by atoms with Gasteiger partial charge in [0.05, 0.1) is 5.02 Å². The highest BCUT2D eigenvalue weighted by atomic mass is 35.5. The third kappa shape index (κ3) is 2.43. The molecule has 1 spiro atoms. The van der Waals surface area contributed by atoms with E-state index >= 15 is 0 Å². The van der Waals surface area contributed by atoms with Crippen LogP contribution in [0.4, 0.5) is 5.69 Å². The molecule has 0 atom stereocenters. The highest BCUT2D eigenvalue weighted by molar-refractivity contribution is 6.32. The molecule has 4 nitrogen and oxygen atoms in total. The van der Waals surface area contributed by atoms with Gasteiger partial charge < -0.3 is 14.9 Å². The number of aromatic hydroxyl groups is 1. The van der Waals surface area contributed by atoms with Gasteiger partial charge in [0.1, 0.15) is 5.75 Å². The van der Waals surface area contributed by atoms with Crippen LogP contribution in [0.5, 0.6) is 5.75 Å². The summed E-state index contributed by atoms with van der Waals surface area (Å²) in [5.74, 6) is -0.0904. The number of likely N-dealkylation sites (tertiary alicyclic amines) is 1. The van der Waals surface area contributed by atoms with Gasteiger partial charge in [-0.25, -0.2) is 0 Å². The first-order valence-electron chi connectivity index (χ1n) is 7.64. The van der Waals surface area contributed by atoms with Gasteiger partial charge in [0.2, 0.25) is 0 Å². The molecule has 0 radical (unpaired) electrons. The Bertz CT molecular complexity index is 749. The van der Waals surface area contributed by atoms with Crippen molar-refractivity contribution >= 4 is 23.2 Å². The van der Waals surface area contributed by atoms with Crippen LogP contribution in [0.3, 0.4) is 0 Å². The fourth-order valence-electron chi connectivity index (χ4n) is 3.52. The normalized spacial score (nSPS) is 18.5. The lowest BCUT2D eigenvalue weighted by atomic mass is 9.72. The van der Waals surface area contributed by atoms with Gasteiger partial charge in [-0.1, -0.05) is 29.8 Å². The first-order valence-corrected chi connectivity index (χ1v) is 8.02. The molecular weight excluding hydrogens is 312 g/mol. The lowest BCUT2D eigenvalue weighted by Gasteiger charge is -2.61. The lowest BCUT2D eigenvalue weighted by molar-refractivity contribution is -0.0105. The van der Waals surface area contributed by atoms with Crippen LogP contribution >= 0.6 is 11.6 Å². The maximum absolute atomic E-state index is 12.4. The molecule has 23 heavy (non-hydrogen) atoms. The van der Waals surface area contributed by atoms with Gasteiger partial charge in [-0.2, -0.15) is 0 Å². The Labute approximate surface area is 139 Å². The Hall–Kier alpha value is -2.20. The number of hydrogen-bond acceptors (Lipinski definition) is 3. The number of phenols is 1. The van der Waals surface area contributed by atoms with E-state index in [1.165, 1.54) is 11.8 Å². The molecule has 2 fully saturated rings. The fraction of sp³-hybridized carbons (Fsp3) is 0.278. The largest absolute Gasteiger partial charge is 0.506 e. The van der Waals surface area contributed by atoms with E-state index < -0.39 is 0 Å². The Balaban J connectivity index is 1.37. The fourth-order valence-corrected chi connectivity index (χ4v) is 3.64. The number of halogens is 1. The van der Waals surface area contributed by atoms with Crippen molar-refractivity contribution in [1.29, 1.82) is 0 Å². The summed E-state index contributed by atoms with van der Waals surface area (Å²) in [5.41, 5.74) is 1.96. The van der Waals surface area contributed by atoms with Crippen molar-refractivity contribution < 1.29 is 9.90 Å². The molecule has 0 unspecified atom stereocenters. The highest BCUT2D eigenvalue weighted by Gasteiger charge is 2.53. The number of nitrogens with zero attached hydrogens (tertiary/aromatic N) is 2. The SMILES string of the molecule is O=C(c1ccc(Cl)c(O)c1)N1CC2(C1)CN(c1ccccc1)C2. The molecule has 4 rings (SSSR count). The zero-order chi connectivity index (χ0) is 16.0. The number of para-hydroxylation sites is 1. The molecule has 1 N–H and O–H groups in total. The lowest BCUT2D eigenvalue weighted by Crippen LogP contribution is -2.73. The quantitative estimate of drug-likeness (QED) is 0.921. The number of anilines is 1. The molecule has 2 heterocycles. The predicted molar refractivity (Wildman–Crippen MR) is 90.1 cm³/mol. The average Bonchev–Trinajstić information content (AvgIpc) is 2.48. The van der Waals surface area contributed by atoms with Crippen LogP contribution in [0, 0.1) is 5.41 Å². The minimum atomic E-state index is -0.0494. The monoisotopic (exact) mass is 328 g/mol. The predicted octanol–water partition coefficient (Wildman–Crippen LogP) is 3.01. The van der Waals surface area contributed by atoms with Crippen molar-refractivity contribution in [3.05, 3.63) is 59.1 Å². The van der Waals surface area contributed by atoms with E-state index in [0.29, 0.717) is 5.56 Å². The second-order valence-electron chi connectivity index (χ2n) is 6.52. The summed E-state index contributed by atoms with van der Waals surface area (Å²) in [6, 6.07) is 15.0. The summed E-state index contributed by atoms with van der Waals surface area (Å²) in [4.78, 5) is 16.6. The summed E-state index contributed by atoms with van der Waals surface area (Å²) in [5, 5.41) is 9.90. The van der Waals surface area contributed by atoms with Gasteiger partial charge in [-0.15, -0.1) is 0 Å². The van der Waals surface area contributed by atoms with Gasteiger partial charge in [0.15, 0.2) is 0 Å². The second kappa shape index (κ2) is 5.17. The third-order valence-corrected chi connectivity index (χ3v) is 5.03.